The number of aryl methyl sites for hydroxylation is 2. The fraction of sp³-hybridized carbons (Fsp3) is 0.474. The maximum absolute atomic E-state index is 12.8. The van der Waals surface area contributed by atoms with Gasteiger partial charge in [0.05, 0.1) is 4.90 Å². The van der Waals surface area contributed by atoms with Crippen LogP contribution >= 0.6 is 0 Å². The highest BCUT2D eigenvalue weighted by molar-refractivity contribution is 7.89. The van der Waals surface area contributed by atoms with Crippen molar-refractivity contribution in [1.82, 2.24) is 19.0 Å². The van der Waals surface area contributed by atoms with Crippen LogP contribution in [0, 0.1) is 0 Å². The quantitative estimate of drug-likeness (QED) is 0.702. The van der Waals surface area contributed by atoms with Crippen molar-refractivity contribution in [2.24, 2.45) is 0 Å². The van der Waals surface area contributed by atoms with Crippen LogP contribution in [-0.4, -0.2) is 65.9 Å². The van der Waals surface area contributed by atoms with Crippen LogP contribution in [0.3, 0.4) is 0 Å². The van der Waals surface area contributed by atoms with Gasteiger partial charge in [-0.2, -0.15) is 9.40 Å². The average Bonchev–Trinajstić information content (AvgIpc) is 3.17. The molecule has 4 rings (SSSR count). The minimum absolute atomic E-state index is 0.0858. The molecule has 0 atom stereocenters. The molecule has 0 bridgehead atoms. The van der Waals surface area contributed by atoms with Crippen molar-refractivity contribution < 1.29 is 31.1 Å². The Morgan fingerprint density at radius 1 is 1.00 bits per heavy atom. The van der Waals surface area contributed by atoms with Crippen LogP contribution in [0.15, 0.2) is 35.2 Å². The van der Waals surface area contributed by atoms with Crippen molar-refractivity contribution in [3.8, 4) is 5.75 Å². The van der Waals surface area contributed by atoms with E-state index in [0.29, 0.717) is 5.69 Å². The molecule has 31 heavy (non-hydrogen) atoms. The van der Waals surface area contributed by atoms with Crippen LogP contribution in [0.2, 0.25) is 0 Å². The van der Waals surface area contributed by atoms with Gasteiger partial charge in [-0.1, -0.05) is 0 Å². The first-order chi connectivity index (χ1) is 14.6. The fourth-order valence-electron chi connectivity index (χ4n) is 3.78. The number of aromatic nitrogens is 2. The van der Waals surface area contributed by atoms with Crippen molar-refractivity contribution in [3.05, 3.63) is 41.7 Å². The van der Waals surface area contributed by atoms with Crippen LogP contribution in [0.1, 0.15) is 29.0 Å². The third-order valence-corrected chi connectivity index (χ3v) is 7.27. The van der Waals surface area contributed by atoms with E-state index in [1.54, 1.807) is 11.0 Å². The van der Waals surface area contributed by atoms with E-state index in [1.807, 2.05) is 4.68 Å². The van der Waals surface area contributed by atoms with E-state index >= 15 is 0 Å². The van der Waals surface area contributed by atoms with Crippen molar-refractivity contribution in [1.29, 1.82) is 0 Å². The number of benzene rings is 1. The summed E-state index contributed by atoms with van der Waals surface area (Å²) < 4.78 is 69.3. The molecule has 0 unspecified atom stereocenters. The SMILES string of the molecule is O=C(c1cc2n(n1)CCCC2)N1CCN(S(=O)(=O)c2ccc(OC(F)(F)F)cc2)CC1. The number of carbonyl (C=O) groups excluding carboxylic acids is 1. The minimum atomic E-state index is -4.85. The molecule has 8 nitrogen and oxygen atoms in total. The van der Waals surface area contributed by atoms with Gasteiger partial charge in [-0.15, -0.1) is 13.2 Å². The second-order valence-corrected chi connectivity index (χ2v) is 9.35. The molecular formula is C19H21F3N4O4S. The monoisotopic (exact) mass is 458 g/mol. The first kappa shape index (κ1) is 21.6. The molecular weight excluding hydrogens is 437 g/mol. The summed E-state index contributed by atoms with van der Waals surface area (Å²) in [5, 5.41) is 4.38. The van der Waals surface area contributed by atoms with Crippen LogP contribution in [-0.2, 0) is 23.0 Å². The second-order valence-electron chi connectivity index (χ2n) is 7.42. The number of amides is 1. The number of alkyl halides is 3. The standard InChI is InChI=1S/C19H21F3N4O4S/c20-19(21,22)30-15-4-6-16(7-5-15)31(28,29)25-11-9-24(10-12-25)18(27)17-13-14-3-1-2-8-26(14)23-17/h4-7,13H,1-3,8-12H2. The highest BCUT2D eigenvalue weighted by Crippen LogP contribution is 2.26. The molecule has 0 aliphatic carbocycles. The summed E-state index contributed by atoms with van der Waals surface area (Å²) in [7, 11) is -3.90. The molecule has 0 N–H and O–H groups in total. The Bertz CT molecular complexity index is 1040. The van der Waals surface area contributed by atoms with Gasteiger partial charge in [0.15, 0.2) is 5.69 Å². The number of hydrogen-bond acceptors (Lipinski definition) is 5. The number of rotatable bonds is 4. The van der Waals surface area contributed by atoms with Gasteiger partial charge in [-0.3, -0.25) is 9.48 Å². The normalized spacial score (nSPS) is 18.0. The molecule has 2 aliphatic heterocycles. The predicted octanol–water partition coefficient (Wildman–Crippen LogP) is 2.26. The number of carbonyl (C=O) groups is 1. The maximum Gasteiger partial charge on any atom is 0.573 e. The van der Waals surface area contributed by atoms with Gasteiger partial charge in [0, 0.05) is 38.4 Å². The van der Waals surface area contributed by atoms with Crippen molar-refractivity contribution in [2.75, 3.05) is 26.2 Å². The fourth-order valence-corrected chi connectivity index (χ4v) is 5.20. The molecule has 0 saturated carbocycles. The summed E-state index contributed by atoms with van der Waals surface area (Å²) >= 11 is 0. The molecule has 0 radical (unpaired) electrons. The molecule has 2 aliphatic rings. The molecule has 0 spiro atoms. The first-order valence-electron chi connectivity index (χ1n) is 9.85. The maximum atomic E-state index is 12.8. The summed E-state index contributed by atoms with van der Waals surface area (Å²) in [6.45, 7) is 1.37. The molecule has 1 aromatic heterocycles. The second kappa shape index (κ2) is 8.15. The Hall–Kier alpha value is -2.60. The van der Waals surface area contributed by atoms with E-state index in [-0.39, 0.29) is 37.0 Å². The van der Waals surface area contributed by atoms with Gasteiger partial charge < -0.3 is 9.64 Å². The highest BCUT2D eigenvalue weighted by atomic mass is 32.2. The zero-order valence-corrected chi connectivity index (χ0v) is 17.3. The number of piperazine rings is 1. The van der Waals surface area contributed by atoms with E-state index in [0.717, 1.165) is 55.8 Å². The van der Waals surface area contributed by atoms with Gasteiger partial charge in [0.25, 0.3) is 5.91 Å². The largest absolute Gasteiger partial charge is 0.573 e. The summed E-state index contributed by atoms with van der Waals surface area (Å²) in [6.07, 6.45) is -1.86. The van der Waals surface area contributed by atoms with Crippen molar-refractivity contribution >= 4 is 15.9 Å². The Morgan fingerprint density at radius 2 is 1.68 bits per heavy atom. The Kier molecular flexibility index (Phi) is 5.69. The molecule has 1 saturated heterocycles. The van der Waals surface area contributed by atoms with Crippen LogP contribution < -0.4 is 4.74 Å². The smallest absolute Gasteiger partial charge is 0.406 e. The summed E-state index contributed by atoms with van der Waals surface area (Å²) in [5.41, 5.74) is 1.40. The van der Waals surface area contributed by atoms with Gasteiger partial charge in [0.1, 0.15) is 5.75 Å². The van der Waals surface area contributed by atoms with E-state index in [1.165, 1.54) is 4.31 Å². The first-order valence-corrected chi connectivity index (χ1v) is 11.3. The zero-order chi connectivity index (χ0) is 22.2. The Morgan fingerprint density at radius 3 is 2.29 bits per heavy atom. The zero-order valence-electron chi connectivity index (χ0n) is 16.5. The van der Waals surface area contributed by atoms with Gasteiger partial charge in [-0.25, -0.2) is 8.42 Å². The number of ether oxygens (including phenoxy) is 1. The van der Waals surface area contributed by atoms with Crippen LogP contribution in [0.25, 0.3) is 0 Å². The molecule has 3 heterocycles. The molecule has 1 amide bonds. The molecule has 12 heteroatoms. The lowest BCUT2D eigenvalue weighted by atomic mass is 10.1. The van der Waals surface area contributed by atoms with Crippen LogP contribution in [0.5, 0.6) is 5.75 Å². The number of hydrogen-bond donors (Lipinski definition) is 0. The molecule has 1 aromatic carbocycles. The predicted molar refractivity (Wildman–Crippen MR) is 103 cm³/mol. The number of nitrogens with zero attached hydrogens (tertiary/aromatic N) is 4. The molecule has 2 aromatic rings. The molecule has 168 valence electrons. The van der Waals surface area contributed by atoms with Crippen molar-refractivity contribution in [2.45, 2.75) is 37.1 Å². The summed E-state index contributed by atoms with van der Waals surface area (Å²) in [6, 6.07) is 5.86. The average molecular weight is 458 g/mol. The molecule has 1 fully saturated rings. The lowest BCUT2D eigenvalue weighted by Crippen LogP contribution is -2.50. The van der Waals surface area contributed by atoms with E-state index in [4.69, 9.17) is 0 Å². The summed E-state index contributed by atoms with van der Waals surface area (Å²) in [4.78, 5) is 14.2. The number of sulfonamides is 1. The van der Waals surface area contributed by atoms with E-state index in [9.17, 15) is 26.4 Å². The van der Waals surface area contributed by atoms with Crippen LogP contribution in [0.4, 0.5) is 13.2 Å². The van der Waals surface area contributed by atoms with Gasteiger partial charge in [-0.05, 0) is 49.6 Å². The Labute approximate surface area is 177 Å². The van der Waals surface area contributed by atoms with E-state index < -0.39 is 22.1 Å². The third kappa shape index (κ3) is 4.69. The Balaban J connectivity index is 1.39. The number of fused-ring (bicyclic) bond motifs is 1. The minimum Gasteiger partial charge on any atom is -0.406 e. The van der Waals surface area contributed by atoms with Gasteiger partial charge in [0.2, 0.25) is 10.0 Å². The number of halogens is 3. The lowest BCUT2D eigenvalue weighted by molar-refractivity contribution is -0.274. The van der Waals surface area contributed by atoms with Gasteiger partial charge >= 0.3 is 6.36 Å². The van der Waals surface area contributed by atoms with E-state index in [2.05, 4.69) is 9.84 Å². The summed E-state index contributed by atoms with van der Waals surface area (Å²) in [5.74, 6) is -0.725. The topological polar surface area (TPSA) is 84.7 Å². The third-order valence-electron chi connectivity index (χ3n) is 5.36. The lowest BCUT2D eigenvalue weighted by Gasteiger charge is -2.33. The highest BCUT2D eigenvalue weighted by Gasteiger charge is 2.33. The van der Waals surface area contributed by atoms with Crippen molar-refractivity contribution in [3.63, 3.8) is 0 Å².